The summed E-state index contributed by atoms with van der Waals surface area (Å²) in [7, 11) is 0. The summed E-state index contributed by atoms with van der Waals surface area (Å²) in [6, 6.07) is 15.5. The number of hydrogen-bond donors (Lipinski definition) is 0. The van der Waals surface area contributed by atoms with Crippen LogP contribution in [0.4, 0.5) is 0 Å². The Morgan fingerprint density at radius 2 is 1.90 bits per heavy atom. The molecule has 1 heterocycles. The summed E-state index contributed by atoms with van der Waals surface area (Å²) in [5.41, 5.74) is 1.45. The van der Waals surface area contributed by atoms with Crippen LogP contribution in [-0.4, -0.2) is 16.5 Å². The molecule has 2 aromatic carbocycles. The minimum atomic E-state index is 0.0554. The van der Waals surface area contributed by atoms with E-state index in [1.54, 1.807) is 24.2 Å². The van der Waals surface area contributed by atoms with Gasteiger partial charge in [0, 0.05) is 33.8 Å². The highest BCUT2D eigenvalue weighted by molar-refractivity contribution is 7.99. The van der Waals surface area contributed by atoms with Crippen LogP contribution in [0.1, 0.15) is 22.8 Å². The molecule has 0 saturated carbocycles. The molecule has 0 atom stereocenters. The van der Waals surface area contributed by atoms with Gasteiger partial charge in [-0.3, -0.25) is 9.78 Å². The number of aromatic nitrogens is 1. The lowest BCUT2D eigenvalue weighted by atomic mass is 9.98. The van der Waals surface area contributed by atoms with Crippen molar-refractivity contribution in [2.45, 2.75) is 11.8 Å². The third kappa shape index (κ3) is 2.83. The average Bonchev–Trinajstić information content (AvgIpc) is 2.55. The van der Waals surface area contributed by atoms with Gasteiger partial charge in [-0.05, 0) is 41.5 Å². The van der Waals surface area contributed by atoms with E-state index in [0.717, 1.165) is 27.7 Å². The molecule has 0 saturated heterocycles. The second kappa shape index (κ2) is 6.10. The van der Waals surface area contributed by atoms with E-state index in [4.69, 9.17) is 0 Å². The lowest BCUT2D eigenvalue weighted by Gasteiger charge is -2.06. The SMILES string of the molecule is CCSc1ccc(C(=O)c2cccc3cnccc23)cc1. The third-order valence-electron chi connectivity index (χ3n) is 3.35. The number of hydrogen-bond acceptors (Lipinski definition) is 3. The summed E-state index contributed by atoms with van der Waals surface area (Å²) < 4.78 is 0. The van der Waals surface area contributed by atoms with Gasteiger partial charge in [0.15, 0.2) is 5.78 Å². The number of pyridine rings is 1. The molecule has 0 aliphatic heterocycles. The Kier molecular flexibility index (Phi) is 4.02. The molecule has 3 rings (SSSR count). The maximum absolute atomic E-state index is 12.7. The number of carbonyl (C=O) groups excluding carboxylic acids is 1. The zero-order valence-electron chi connectivity index (χ0n) is 11.7. The molecule has 0 fully saturated rings. The van der Waals surface area contributed by atoms with E-state index in [9.17, 15) is 4.79 Å². The summed E-state index contributed by atoms with van der Waals surface area (Å²) >= 11 is 1.77. The smallest absolute Gasteiger partial charge is 0.193 e. The standard InChI is InChI=1S/C18H15NOS/c1-2-21-15-8-6-13(7-9-15)18(20)17-5-3-4-14-12-19-11-10-16(14)17/h3-12H,2H2,1H3. The van der Waals surface area contributed by atoms with Crippen molar-refractivity contribution in [2.75, 3.05) is 5.75 Å². The zero-order valence-corrected chi connectivity index (χ0v) is 12.6. The first-order chi connectivity index (χ1) is 10.3. The quantitative estimate of drug-likeness (QED) is 0.521. The molecule has 0 spiro atoms. The Labute approximate surface area is 128 Å². The van der Waals surface area contributed by atoms with E-state index in [0.29, 0.717) is 0 Å². The van der Waals surface area contributed by atoms with E-state index in [1.165, 1.54) is 4.90 Å². The van der Waals surface area contributed by atoms with Gasteiger partial charge in [-0.25, -0.2) is 0 Å². The fraction of sp³-hybridized carbons (Fsp3) is 0.111. The van der Waals surface area contributed by atoms with Crippen molar-refractivity contribution in [3.63, 3.8) is 0 Å². The first-order valence-corrected chi connectivity index (χ1v) is 7.88. The van der Waals surface area contributed by atoms with Gasteiger partial charge in [0.2, 0.25) is 0 Å². The minimum Gasteiger partial charge on any atom is -0.289 e. The van der Waals surface area contributed by atoms with Crippen LogP contribution in [0.15, 0.2) is 65.8 Å². The van der Waals surface area contributed by atoms with Crippen LogP contribution in [-0.2, 0) is 0 Å². The van der Waals surface area contributed by atoms with Gasteiger partial charge in [-0.15, -0.1) is 11.8 Å². The zero-order chi connectivity index (χ0) is 14.7. The number of fused-ring (bicyclic) bond motifs is 1. The van der Waals surface area contributed by atoms with Gasteiger partial charge in [-0.1, -0.05) is 25.1 Å². The number of ketones is 1. The summed E-state index contributed by atoms with van der Waals surface area (Å²) in [6.45, 7) is 2.12. The van der Waals surface area contributed by atoms with Crippen molar-refractivity contribution in [3.05, 3.63) is 72.1 Å². The topological polar surface area (TPSA) is 30.0 Å². The van der Waals surface area contributed by atoms with Crippen molar-refractivity contribution in [1.29, 1.82) is 0 Å². The predicted octanol–water partition coefficient (Wildman–Crippen LogP) is 4.58. The average molecular weight is 293 g/mol. The summed E-state index contributed by atoms with van der Waals surface area (Å²) in [4.78, 5) is 18.0. The van der Waals surface area contributed by atoms with Gasteiger partial charge in [0.1, 0.15) is 0 Å². The first-order valence-electron chi connectivity index (χ1n) is 6.90. The van der Waals surface area contributed by atoms with Crippen LogP contribution in [0.2, 0.25) is 0 Å². The van der Waals surface area contributed by atoms with Gasteiger partial charge in [0.05, 0.1) is 0 Å². The Hall–Kier alpha value is -2.13. The number of rotatable bonds is 4. The summed E-state index contributed by atoms with van der Waals surface area (Å²) in [6.07, 6.45) is 3.51. The van der Waals surface area contributed by atoms with Crippen LogP contribution < -0.4 is 0 Å². The Morgan fingerprint density at radius 1 is 1.10 bits per heavy atom. The van der Waals surface area contributed by atoms with Crippen LogP contribution in [0.3, 0.4) is 0 Å². The normalized spacial score (nSPS) is 10.7. The molecule has 2 nitrogen and oxygen atoms in total. The summed E-state index contributed by atoms with van der Waals surface area (Å²) in [5.74, 6) is 1.09. The van der Waals surface area contributed by atoms with E-state index >= 15 is 0 Å². The Morgan fingerprint density at radius 3 is 2.67 bits per heavy atom. The number of benzene rings is 2. The first kappa shape index (κ1) is 13.8. The molecular formula is C18H15NOS. The van der Waals surface area contributed by atoms with Crippen LogP contribution in [0, 0.1) is 0 Å². The molecule has 1 aromatic heterocycles. The van der Waals surface area contributed by atoms with Crippen molar-refractivity contribution in [2.24, 2.45) is 0 Å². The van der Waals surface area contributed by atoms with E-state index in [-0.39, 0.29) is 5.78 Å². The molecule has 0 bridgehead atoms. The van der Waals surface area contributed by atoms with E-state index < -0.39 is 0 Å². The number of carbonyl (C=O) groups is 1. The van der Waals surface area contributed by atoms with Crippen LogP contribution in [0.25, 0.3) is 10.8 Å². The van der Waals surface area contributed by atoms with Crippen LogP contribution in [0.5, 0.6) is 0 Å². The lowest BCUT2D eigenvalue weighted by Crippen LogP contribution is -2.02. The number of thioether (sulfide) groups is 1. The highest BCUT2D eigenvalue weighted by Gasteiger charge is 2.12. The Bertz CT molecular complexity index is 775. The molecule has 0 aliphatic rings. The molecule has 0 aliphatic carbocycles. The van der Waals surface area contributed by atoms with Gasteiger partial charge in [-0.2, -0.15) is 0 Å². The highest BCUT2D eigenvalue weighted by atomic mass is 32.2. The van der Waals surface area contributed by atoms with Gasteiger partial charge < -0.3 is 0 Å². The molecule has 3 heteroatoms. The van der Waals surface area contributed by atoms with E-state index in [2.05, 4.69) is 11.9 Å². The maximum Gasteiger partial charge on any atom is 0.193 e. The maximum atomic E-state index is 12.7. The van der Waals surface area contributed by atoms with Crippen molar-refractivity contribution < 1.29 is 4.79 Å². The lowest BCUT2D eigenvalue weighted by molar-refractivity contribution is 0.104. The molecular weight excluding hydrogens is 278 g/mol. The van der Waals surface area contributed by atoms with Crippen molar-refractivity contribution >= 4 is 28.3 Å². The second-order valence-corrected chi connectivity index (χ2v) is 6.03. The predicted molar refractivity (Wildman–Crippen MR) is 88.0 cm³/mol. The monoisotopic (exact) mass is 293 g/mol. The Balaban J connectivity index is 2.00. The fourth-order valence-corrected chi connectivity index (χ4v) is 3.01. The molecule has 0 unspecified atom stereocenters. The molecule has 3 aromatic rings. The molecule has 0 N–H and O–H groups in total. The molecule has 0 amide bonds. The fourth-order valence-electron chi connectivity index (χ4n) is 2.35. The van der Waals surface area contributed by atoms with Crippen molar-refractivity contribution in [3.8, 4) is 0 Å². The minimum absolute atomic E-state index is 0.0554. The molecule has 0 radical (unpaired) electrons. The third-order valence-corrected chi connectivity index (χ3v) is 4.25. The highest BCUT2D eigenvalue weighted by Crippen LogP contribution is 2.23. The van der Waals surface area contributed by atoms with Crippen LogP contribution >= 0.6 is 11.8 Å². The van der Waals surface area contributed by atoms with Gasteiger partial charge >= 0.3 is 0 Å². The summed E-state index contributed by atoms with van der Waals surface area (Å²) in [5, 5.41) is 1.94. The molecule has 104 valence electrons. The largest absolute Gasteiger partial charge is 0.289 e. The molecule has 21 heavy (non-hydrogen) atoms. The second-order valence-electron chi connectivity index (χ2n) is 4.69. The van der Waals surface area contributed by atoms with Crippen molar-refractivity contribution in [1.82, 2.24) is 4.98 Å². The number of nitrogens with zero attached hydrogens (tertiary/aromatic N) is 1. The van der Waals surface area contributed by atoms with Gasteiger partial charge in [0.25, 0.3) is 0 Å². The van der Waals surface area contributed by atoms with E-state index in [1.807, 2.05) is 48.5 Å².